The molecule has 40 heavy (non-hydrogen) atoms. The molecule has 0 fully saturated rings. The molecule has 0 aromatic heterocycles. The Balaban J connectivity index is 1.59. The van der Waals surface area contributed by atoms with Crippen LogP contribution in [0.5, 0.6) is 11.5 Å². The molecule has 0 saturated carbocycles. The predicted octanol–water partition coefficient (Wildman–Crippen LogP) is 8.09. The lowest BCUT2D eigenvalue weighted by Crippen LogP contribution is -2.50. The van der Waals surface area contributed by atoms with E-state index >= 15 is 0 Å². The topological polar surface area (TPSA) is 76.0 Å². The molecule has 7 heteroatoms. The molecular formula is C33H22Cl2O5. The Morgan fingerprint density at radius 2 is 1.48 bits per heavy atom. The molecular weight excluding hydrogens is 547 g/mol. The summed E-state index contributed by atoms with van der Waals surface area (Å²) in [5.74, 6) is -0.670. The minimum Gasteiger partial charge on any atom is -0.507 e. The van der Waals surface area contributed by atoms with Gasteiger partial charge in [0.2, 0.25) is 0 Å². The van der Waals surface area contributed by atoms with E-state index in [1.807, 2.05) is 73.7 Å². The summed E-state index contributed by atoms with van der Waals surface area (Å²) in [7, 11) is 0. The van der Waals surface area contributed by atoms with Crippen molar-refractivity contribution in [2.24, 2.45) is 5.92 Å². The Morgan fingerprint density at radius 1 is 0.825 bits per heavy atom. The van der Waals surface area contributed by atoms with E-state index < -0.39 is 23.6 Å². The van der Waals surface area contributed by atoms with E-state index in [-0.39, 0.29) is 21.6 Å². The van der Waals surface area contributed by atoms with Crippen LogP contribution in [0.2, 0.25) is 10.0 Å². The van der Waals surface area contributed by atoms with Gasteiger partial charge in [0, 0.05) is 16.7 Å². The Morgan fingerprint density at radius 3 is 2.17 bits per heavy atom. The molecule has 0 radical (unpaired) electrons. The highest BCUT2D eigenvalue weighted by Crippen LogP contribution is 2.61. The number of allylic oxidation sites excluding steroid dienone is 1. The number of fused-ring (bicyclic) bond motifs is 6. The standard InChI is InChI=1S/C33H22Cl2O5/c1-17-14-23-31(28(29(17)37)19-10-6-3-7-11-19)39-30-21(12-13-26(36)27(30)18-8-4-2-5-9-18)33(23)22-16-25(35)24(34)15-20(22)32(38)40-33/h2-16,23,31,36-37H,1H3. The second kappa shape index (κ2) is 8.91. The van der Waals surface area contributed by atoms with E-state index in [1.54, 1.807) is 18.2 Å². The Bertz CT molecular complexity index is 1780. The number of aliphatic hydroxyl groups excluding tert-OH is 1. The van der Waals surface area contributed by atoms with E-state index in [9.17, 15) is 15.0 Å². The van der Waals surface area contributed by atoms with Crippen LogP contribution in [0.3, 0.4) is 0 Å². The SMILES string of the molecule is CC1=CC2C(Oc3c(ccc(O)c3-c3ccccc3)C23OC(=O)c2cc(Cl)c(Cl)cc23)C(c2ccccc2)=C1O. The van der Waals surface area contributed by atoms with Crippen LogP contribution in [0.1, 0.15) is 34.0 Å². The third-order valence-electron chi connectivity index (χ3n) is 8.00. The average Bonchev–Trinajstić information content (AvgIpc) is 3.22. The molecule has 1 aliphatic carbocycles. The van der Waals surface area contributed by atoms with Crippen LogP contribution >= 0.6 is 23.2 Å². The first kappa shape index (κ1) is 24.8. The maximum absolute atomic E-state index is 13.5. The molecule has 3 aliphatic rings. The monoisotopic (exact) mass is 568 g/mol. The quantitative estimate of drug-likeness (QED) is 0.239. The number of ether oxygens (including phenoxy) is 2. The summed E-state index contributed by atoms with van der Waals surface area (Å²) < 4.78 is 13.2. The molecule has 2 heterocycles. The number of rotatable bonds is 2. The van der Waals surface area contributed by atoms with E-state index in [4.69, 9.17) is 32.7 Å². The summed E-state index contributed by atoms with van der Waals surface area (Å²) in [5.41, 5.74) is 3.17. The summed E-state index contributed by atoms with van der Waals surface area (Å²) in [6.07, 6.45) is 1.10. The number of aliphatic hydroxyl groups is 1. The fourth-order valence-corrected chi connectivity index (χ4v) is 6.58. The van der Waals surface area contributed by atoms with Crippen LogP contribution < -0.4 is 4.74 Å². The largest absolute Gasteiger partial charge is 0.507 e. The van der Waals surface area contributed by atoms with Crippen molar-refractivity contribution in [3.8, 4) is 22.6 Å². The van der Waals surface area contributed by atoms with Gasteiger partial charge in [0.25, 0.3) is 0 Å². The number of hydrogen-bond acceptors (Lipinski definition) is 5. The molecule has 3 unspecified atom stereocenters. The summed E-state index contributed by atoms with van der Waals surface area (Å²) in [4.78, 5) is 13.5. The van der Waals surface area contributed by atoms with Crippen molar-refractivity contribution in [3.05, 3.63) is 135 Å². The summed E-state index contributed by atoms with van der Waals surface area (Å²) in [6.45, 7) is 1.82. The minimum atomic E-state index is -1.38. The summed E-state index contributed by atoms with van der Waals surface area (Å²) in [5, 5.41) is 23.1. The molecule has 7 rings (SSSR count). The number of phenols is 1. The molecule has 0 saturated heterocycles. The van der Waals surface area contributed by atoms with Gasteiger partial charge in [0.1, 0.15) is 23.4 Å². The van der Waals surface area contributed by atoms with Crippen LogP contribution in [0.15, 0.2) is 102 Å². The van der Waals surface area contributed by atoms with Crippen molar-refractivity contribution in [2.45, 2.75) is 18.6 Å². The van der Waals surface area contributed by atoms with Gasteiger partial charge in [0.15, 0.2) is 5.60 Å². The minimum absolute atomic E-state index is 0.00855. The van der Waals surface area contributed by atoms with E-state index in [0.29, 0.717) is 39.1 Å². The number of esters is 1. The average molecular weight is 569 g/mol. The third kappa shape index (κ3) is 3.38. The first-order valence-electron chi connectivity index (χ1n) is 12.8. The molecule has 3 atom stereocenters. The van der Waals surface area contributed by atoms with Crippen LogP contribution in [0.4, 0.5) is 0 Å². The molecule has 2 aliphatic heterocycles. The first-order chi connectivity index (χ1) is 19.3. The fraction of sp³-hybridized carbons (Fsp3) is 0.121. The van der Waals surface area contributed by atoms with E-state index in [0.717, 1.165) is 11.1 Å². The number of carbonyl (C=O) groups is 1. The highest BCUT2D eigenvalue weighted by molar-refractivity contribution is 6.42. The van der Waals surface area contributed by atoms with Crippen molar-refractivity contribution in [1.29, 1.82) is 0 Å². The van der Waals surface area contributed by atoms with Gasteiger partial charge in [-0.15, -0.1) is 0 Å². The van der Waals surface area contributed by atoms with Crippen LogP contribution in [-0.4, -0.2) is 22.3 Å². The molecule has 4 aromatic carbocycles. The van der Waals surface area contributed by atoms with Crippen LogP contribution in [0, 0.1) is 5.92 Å². The zero-order valence-electron chi connectivity index (χ0n) is 21.2. The van der Waals surface area contributed by atoms with Gasteiger partial charge in [0.05, 0.1) is 27.1 Å². The van der Waals surface area contributed by atoms with Crippen molar-refractivity contribution >= 4 is 34.7 Å². The first-order valence-corrected chi connectivity index (χ1v) is 13.6. The van der Waals surface area contributed by atoms with Gasteiger partial charge in [-0.2, -0.15) is 0 Å². The van der Waals surface area contributed by atoms with E-state index in [2.05, 4.69) is 0 Å². The van der Waals surface area contributed by atoms with Gasteiger partial charge in [-0.25, -0.2) is 4.79 Å². The summed E-state index contributed by atoms with van der Waals surface area (Å²) in [6, 6.07) is 25.4. The third-order valence-corrected chi connectivity index (χ3v) is 8.72. The molecule has 5 nitrogen and oxygen atoms in total. The van der Waals surface area contributed by atoms with Gasteiger partial charge < -0.3 is 19.7 Å². The van der Waals surface area contributed by atoms with Gasteiger partial charge >= 0.3 is 5.97 Å². The number of phenolic OH excluding ortho intramolecular Hbond substituents is 1. The van der Waals surface area contributed by atoms with Gasteiger partial charge in [-0.1, -0.05) is 89.9 Å². The molecule has 198 valence electrons. The predicted molar refractivity (Wildman–Crippen MR) is 154 cm³/mol. The second-order valence-electron chi connectivity index (χ2n) is 10.2. The summed E-state index contributed by atoms with van der Waals surface area (Å²) >= 11 is 12.9. The molecule has 0 amide bonds. The number of aromatic hydroxyl groups is 1. The van der Waals surface area contributed by atoms with Crippen molar-refractivity contribution in [2.75, 3.05) is 0 Å². The number of carbonyl (C=O) groups excluding carboxylic acids is 1. The maximum Gasteiger partial charge on any atom is 0.339 e. The Hall–Kier alpha value is -4.19. The van der Waals surface area contributed by atoms with Crippen LogP contribution in [0.25, 0.3) is 16.7 Å². The van der Waals surface area contributed by atoms with Crippen molar-refractivity contribution < 1.29 is 24.5 Å². The second-order valence-corrected chi connectivity index (χ2v) is 11.0. The number of halogens is 2. The van der Waals surface area contributed by atoms with Crippen molar-refractivity contribution in [1.82, 2.24) is 0 Å². The highest BCUT2D eigenvalue weighted by Gasteiger charge is 2.61. The normalized spacial score (nSPS) is 22.7. The van der Waals surface area contributed by atoms with Gasteiger partial charge in [-0.05, 0) is 47.9 Å². The zero-order valence-corrected chi connectivity index (χ0v) is 22.7. The Labute approximate surface area is 240 Å². The number of hydrogen-bond donors (Lipinski definition) is 2. The lowest BCUT2D eigenvalue weighted by atomic mass is 9.66. The zero-order chi connectivity index (χ0) is 27.8. The lowest BCUT2D eigenvalue weighted by Gasteiger charge is -2.47. The molecule has 4 aromatic rings. The van der Waals surface area contributed by atoms with Crippen molar-refractivity contribution in [3.63, 3.8) is 0 Å². The fourth-order valence-electron chi connectivity index (χ4n) is 6.25. The molecule has 2 N–H and O–H groups in total. The highest BCUT2D eigenvalue weighted by atomic mass is 35.5. The smallest absolute Gasteiger partial charge is 0.339 e. The molecule has 0 bridgehead atoms. The molecule has 1 spiro atoms. The Kier molecular flexibility index (Phi) is 5.53. The lowest BCUT2D eigenvalue weighted by molar-refractivity contribution is -0.0403. The van der Waals surface area contributed by atoms with Gasteiger partial charge in [-0.3, -0.25) is 0 Å². The van der Waals surface area contributed by atoms with Crippen LogP contribution in [-0.2, 0) is 10.3 Å². The van der Waals surface area contributed by atoms with E-state index in [1.165, 1.54) is 6.07 Å². The maximum atomic E-state index is 13.5. The number of benzene rings is 4.